The first-order valence-corrected chi connectivity index (χ1v) is 10.1. The molecule has 2 aliphatic heterocycles. The summed E-state index contributed by atoms with van der Waals surface area (Å²) < 4.78 is 0. The fourth-order valence-corrected chi connectivity index (χ4v) is 4.06. The molecule has 0 aromatic heterocycles. The van der Waals surface area contributed by atoms with Crippen LogP contribution >= 0.6 is 24.0 Å². The van der Waals surface area contributed by atoms with E-state index in [2.05, 4.69) is 71.4 Å². The number of hydrogen-bond acceptors (Lipinski definition) is 3. The number of likely N-dealkylation sites (tertiary alicyclic amines) is 1. The van der Waals surface area contributed by atoms with Gasteiger partial charge in [-0.2, -0.15) is 0 Å². The van der Waals surface area contributed by atoms with Crippen molar-refractivity contribution >= 4 is 29.9 Å². The van der Waals surface area contributed by atoms with Crippen molar-refractivity contribution in [2.75, 3.05) is 59.9 Å². The Kier molecular flexibility index (Phi) is 9.32. The first-order valence-electron chi connectivity index (χ1n) is 10.1. The summed E-state index contributed by atoms with van der Waals surface area (Å²) in [6.07, 6.45) is 2.43. The monoisotopic (exact) mass is 485 g/mol. The third-order valence-corrected chi connectivity index (χ3v) is 5.72. The standard InChI is InChI=1S/C21H35N5.HI/c1-4-22-21(23-15-20-17-24(2)12-13-25(20)3)26-11-10-19(16-26)14-18-8-6-5-7-9-18;/h5-9,19-20H,4,10-17H2,1-3H3,(H,22,23);1H. The third-order valence-electron chi connectivity index (χ3n) is 5.72. The molecular weight excluding hydrogens is 449 g/mol. The van der Waals surface area contributed by atoms with E-state index in [1.165, 1.54) is 18.4 Å². The van der Waals surface area contributed by atoms with E-state index in [4.69, 9.17) is 4.99 Å². The van der Waals surface area contributed by atoms with E-state index >= 15 is 0 Å². The average Bonchev–Trinajstić information content (AvgIpc) is 3.10. The summed E-state index contributed by atoms with van der Waals surface area (Å²) >= 11 is 0. The molecule has 2 fully saturated rings. The second-order valence-electron chi connectivity index (χ2n) is 7.88. The lowest BCUT2D eigenvalue weighted by Gasteiger charge is -2.37. The number of hydrogen-bond donors (Lipinski definition) is 1. The summed E-state index contributed by atoms with van der Waals surface area (Å²) in [5.41, 5.74) is 1.45. The zero-order valence-corrected chi connectivity index (χ0v) is 19.4. The van der Waals surface area contributed by atoms with Crippen LogP contribution in [0, 0.1) is 5.92 Å². The Labute approximate surface area is 182 Å². The summed E-state index contributed by atoms with van der Waals surface area (Å²) in [7, 11) is 4.44. The molecule has 0 saturated carbocycles. The first kappa shape index (κ1) is 22.4. The predicted molar refractivity (Wildman–Crippen MR) is 125 cm³/mol. The van der Waals surface area contributed by atoms with Crippen LogP contribution in [-0.2, 0) is 6.42 Å². The molecule has 0 bridgehead atoms. The zero-order valence-electron chi connectivity index (χ0n) is 17.1. The second kappa shape index (κ2) is 11.2. The Morgan fingerprint density at radius 3 is 2.63 bits per heavy atom. The minimum Gasteiger partial charge on any atom is -0.357 e. The number of nitrogens with one attached hydrogen (secondary N) is 1. The number of likely N-dealkylation sites (N-methyl/N-ethyl adjacent to an activating group) is 2. The summed E-state index contributed by atoms with van der Waals surface area (Å²) in [6.45, 7) is 9.59. The van der Waals surface area contributed by atoms with E-state index in [0.717, 1.165) is 57.7 Å². The maximum Gasteiger partial charge on any atom is 0.193 e. The highest BCUT2D eigenvalue weighted by Crippen LogP contribution is 2.21. The molecule has 2 saturated heterocycles. The van der Waals surface area contributed by atoms with Gasteiger partial charge in [0.05, 0.1) is 6.54 Å². The third kappa shape index (κ3) is 6.61. The molecule has 2 heterocycles. The lowest BCUT2D eigenvalue weighted by molar-refractivity contribution is 0.119. The van der Waals surface area contributed by atoms with Crippen LogP contribution in [0.5, 0.6) is 0 Å². The van der Waals surface area contributed by atoms with Gasteiger partial charge in [-0.05, 0) is 45.3 Å². The predicted octanol–water partition coefficient (Wildman–Crippen LogP) is 2.38. The molecule has 1 aromatic rings. The highest BCUT2D eigenvalue weighted by Gasteiger charge is 2.26. The Bertz CT molecular complexity index is 579. The number of piperazine rings is 1. The van der Waals surface area contributed by atoms with Crippen molar-refractivity contribution < 1.29 is 0 Å². The molecule has 0 amide bonds. The number of nitrogens with zero attached hydrogens (tertiary/aromatic N) is 4. The number of guanidine groups is 1. The normalized spacial score (nSPS) is 24.7. The molecule has 2 aliphatic rings. The van der Waals surface area contributed by atoms with Gasteiger partial charge < -0.3 is 15.1 Å². The van der Waals surface area contributed by atoms with E-state index in [1.54, 1.807) is 0 Å². The second-order valence-corrected chi connectivity index (χ2v) is 7.88. The summed E-state index contributed by atoms with van der Waals surface area (Å²) in [5, 5.41) is 3.52. The first-order chi connectivity index (χ1) is 12.7. The van der Waals surface area contributed by atoms with Crippen LogP contribution in [-0.4, -0.2) is 86.6 Å². The molecule has 0 spiro atoms. The van der Waals surface area contributed by atoms with Crippen molar-refractivity contribution in [3.05, 3.63) is 35.9 Å². The van der Waals surface area contributed by atoms with E-state index in [-0.39, 0.29) is 24.0 Å². The van der Waals surface area contributed by atoms with Gasteiger partial charge in [0.1, 0.15) is 0 Å². The summed E-state index contributed by atoms with van der Waals surface area (Å²) in [6, 6.07) is 11.4. The number of aliphatic imine (C=N–C) groups is 1. The molecular formula is C21H36IN5. The topological polar surface area (TPSA) is 34.1 Å². The summed E-state index contributed by atoms with van der Waals surface area (Å²) in [4.78, 5) is 12.3. The van der Waals surface area contributed by atoms with Crippen LogP contribution in [0.25, 0.3) is 0 Å². The number of halogens is 1. The Morgan fingerprint density at radius 1 is 1.11 bits per heavy atom. The van der Waals surface area contributed by atoms with E-state index in [1.807, 2.05) is 0 Å². The van der Waals surface area contributed by atoms with Crippen LogP contribution in [0.1, 0.15) is 18.9 Å². The highest BCUT2D eigenvalue weighted by atomic mass is 127. The Balaban J connectivity index is 0.00000261. The van der Waals surface area contributed by atoms with Crippen LogP contribution < -0.4 is 5.32 Å². The highest BCUT2D eigenvalue weighted by molar-refractivity contribution is 14.0. The molecule has 2 atom stereocenters. The summed E-state index contributed by atoms with van der Waals surface area (Å²) in [5.74, 6) is 1.83. The molecule has 6 heteroatoms. The largest absolute Gasteiger partial charge is 0.357 e. The molecule has 1 N–H and O–H groups in total. The SMILES string of the molecule is CCNC(=NCC1CN(C)CCN1C)N1CCC(Cc2ccccc2)C1.I. The van der Waals surface area contributed by atoms with Crippen LogP contribution in [0.15, 0.2) is 35.3 Å². The lowest BCUT2D eigenvalue weighted by atomic mass is 9.99. The van der Waals surface area contributed by atoms with Crippen molar-refractivity contribution in [1.29, 1.82) is 0 Å². The maximum atomic E-state index is 5.01. The molecule has 0 radical (unpaired) electrons. The molecule has 152 valence electrons. The smallest absolute Gasteiger partial charge is 0.193 e. The van der Waals surface area contributed by atoms with E-state index in [9.17, 15) is 0 Å². The maximum absolute atomic E-state index is 5.01. The average molecular weight is 485 g/mol. The Hall–Kier alpha value is -0.860. The van der Waals surface area contributed by atoms with Crippen molar-refractivity contribution in [3.63, 3.8) is 0 Å². The van der Waals surface area contributed by atoms with Gasteiger partial charge in [0.15, 0.2) is 5.96 Å². The molecule has 2 unspecified atom stereocenters. The van der Waals surface area contributed by atoms with Crippen LogP contribution in [0.4, 0.5) is 0 Å². The fourth-order valence-electron chi connectivity index (χ4n) is 4.06. The van der Waals surface area contributed by atoms with Gasteiger partial charge in [-0.3, -0.25) is 9.89 Å². The van der Waals surface area contributed by atoms with Gasteiger partial charge in [-0.25, -0.2) is 0 Å². The van der Waals surface area contributed by atoms with Gasteiger partial charge in [0, 0.05) is 45.3 Å². The van der Waals surface area contributed by atoms with Gasteiger partial charge in [0.2, 0.25) is 0 Å². The van der Waals surface area contributed by atoms with Crippen molar-refractivity contribution in [1.82, 2.24) is 20.0 Å². The minimum absolute atomic E-state index is 0. The van der Waals surface area contributed by atoms with E-state index < -0.39 is 0 Å². The fraction of sp³-hybridized carbons (Fsp3) is 0.667. The van der Waals surface area contributed by atoms with E-state index in [0.29, 0.717) is 6.04 Å². The van der Waals surface area contributed by atoms with Crippen molar-refractivity contribution in [3.8, 4) is 0 Å². The molecule has 5 nitrogen and oxygen atoms in total. The van der Waals surface area contributed by atoms with Crippen LogP contribution in [0.2, 0.25) is 0 Å². The quantitative estimate of drug-likeness (QED) is 0.395. The number of rotatable bonds is 5. The molecule has 0 aliphatic carbocycles. The minimum atomic E-state index is 0. The number of benzene rings is 1. The zero-order chi connectivity index (χ0) is 18.4. The van der Waals surface area contributed by atoms with Gasteiger partial charge in [-0.1, -0.05) is 30.3 Å². The molecule has 1 aromatic carbocycles. The lowest BCUT2D eigenvalue weighted by Crippen LogP contribution is -2.51. The van der Waals surface area contributed by atoms with Gasteiger partial charge in [0.25, 0.3) is 0 Å². The van der Waals surface area contributed by atoms with Gasteiger partial charge >= 0.3 is 0 Å². The van der Waals surface area contributed by atoms with Crippen molar-refractivity contribution in [2.45, 2.75) is 25.8 Å². The molecule has 27 heavy (non-hydrogen) atoms. The Morgan fingerprint density at radius 2 is 1.89 bits per heavy atom. The van der Waals surface area contributed by atoms with Crippen LogP contribution in [0.3, 0.4) is 0 Å². The molecule has 3 rings (SSSR count). The van der Waals surface area contributed by atoms with Gasteiger partial charge in [-0.15, -0.1) is 24.0 Å². The van der Waals surface area contributed by atoms with Crippen molar-refractivity contribution in [2.24, 2.45) is 10.9 Å².